The lowest BCUT2D eigenvalue weighted by molar-refractivity contribution is -0.121. The van der Waals surface area contributed by atoms with Crippen LogP contribution in [0.3, 0.4) is 0 Å². The van der Waals surface area contributed by atoms with Crippen molar-refractivity contribution in [2.75, 3.05) is 20.3 Å². The maximum absolute atomic E-state index is 12.2. The third-order valence-electron chi connectivity index (χ3n) is 4.47. The number of rotatable bonds is 9. The van der Waals surface area contributed by atoms with E-state index in [1.54, 1.807) is 12.5 Å². The summed E-state index contributed by atoms with van der Waals surface area (Å²) in [5.74, 6) is 0.192. The summed E-state index contributed by atoms with van der Waals surface area (Å²) >= 11 is 1.37. The van der Waals surface area contributed by atoms with Crippen molar-refractivity contribution in [2.24, 2.45) is 0 Å². The summed E-state index contributed by atoms with van der Waals surface area (Å²) in [6.07, 6.45) is 1.08. The molecule has 1 N–H and O–H groups in total. The van der Waals surface area contributed by atoms with Crippen molar-refractivity contribution in [1.29, 1.82) is 0 Å². The fourth-order valence-electron chi connectivity index (χ4n) is 2.74. The average molecular weight is 425 g/mol. The number of carbonyl (C=O) groups excluding carboxylic acids is 2. The van der Waals surface area contributed by atoms with Gasteiger partial charge >= 0.3 is 5.97 Å². The van der Waals surface area contributed by atoms with E-state index < -0.39 is 5.97 Å². The fraction of sp³-hybridized carbons (Fsp3) is 0.261. The summed E-state index contributed by atoms with van der Waals surface area (Å²) < 4.78 is 10.4. The number of carbonyl (C=O) groups is 2. The first-order valence-electron chi connectivity index (χ1n) is 9.64. The number of thiazole rings is 1. The lowest BCUT2D eigenvalue weighted by atomic mass is 10.1. The molecular formula is C23H24N2O4S. The first kappa shape index (κ1) is 21.5. The van der Waals surface area contributed by atoms with Crippen LogP contribution in [0.15, 0.2) is 53.9 Å². The van der Waals surface area contributed by atoms with Gasteiger partial charge in [-0.2, -0.15) is 0 Å². The Balaban J connectivity index is 1.38. The first-order valence-corrected chi connectivity index (χ1v) is 10.5. The van der Waals surface area contributed by atoms with Crippen LogP contribution in [0.5, 0.6) is 5.75 Å². The Labute approximate surface area is 179 Å². The number of aryl methyl sites for hydroxylation is 2. The summed E-state index contributed by atoms with van der Waals surface area (Å²) in [6, 6.07) is 15.6. The summed E-state index contributed by atoms with van der Waals surface area (Å²) in [4.78, 5) is 28.4. The van der Waals surface area contributed by atoms with Crippen LogP contribution in [0.2, 0.25) is 0 Å². The van der Waals surface area contributed by atoms with Crippen LogP contribution >= 0.6 is 11.3 Å². The van der Waals surface area contributed by atoms with Crippen LogP contribution < -0.4 is 10.1 Å². The van der Waals surface area contributed by atoms with E-state index in [-0.39, 0.29) is 24.8 Å². The molecule has 0 saturated carbocycles. The molecule has 7 heteroatoms. The van der Waals surface area contributed by atoms with E-state index in [1.165, 1.54) is 16.9 Å². The van der Waals surface area contributed by atoms with Crippen molar-refractivity contribution in [3.8, 4) is 16.3 Å². The van der Waals surface area contributed by atoms with Gasteiger partial charge in [0.15, 0.2) is 5.69 Å². The minimum Gasteiger partial charge on any atom is -0.497 e. The van der Waals surface area contributed by atoms with Crippen molar-refractivity contribution in [3.63, 3.8) is 0 Å². The molecule has 2 aromatic carbocycles. The van der Waals surface area contributed by atoms with Gasteiger partial charge in [0.25, 0.3) is 0 Å². The lowest BCUT2D eigenvalue weighted by Gasteiger charge is -2.06. The summed E-state index contributed by atoms with van der Waals surface area (Å²) in [6.45, 7) is 2.40. The van der Waals surface area contributed by atoms with Crippen molar-refractivity contribution in [1.82, 2.24) is 10.3 Å². The number of benzene rings is 2. The Bertz CT molecular complexity index is 981. The number of aromatic nitrogens is 1. The molecule has 0 spiro atoms. The van der Waals surface area contributed by atoms with Crippen LogP contribution in [-0.4, -0.2) is 37.1 Å². The molecule has 0 bridgehead atoms. The molecule has 0 saturated heterocycles. The lowest BCUT2D eigenvalue weighted by Crippen LogP contribution is -2.28. The van der Waals surface area contributed by atoms with E-state index in [4.69, 9.17) is 9.47 Å². The number of esters is 1. The van der Waals surface area contributed by atoms with Crippen molar-refractivity contribution >= 4 is 23.2 Å². The molecule has 3 rings (SSSR count). The molecule has 1 amide bonds. The zero-order valence-electron chi connectivity index (χ0n) is 17.0. The number of nitrogens with one attached hydrogen (secondary N) is 1. The van der Waals surface area contributed by atoms with Gasteiger partial charge in [-0.05, 0) is 43.2 Å². The predicted octanol–water partition coefficient (Wildman–Crippen LogP) is 4.03. The molecule has 0 radical (unpaired) electrons. The quantitative estimate of drug-likeness (QED) is 0.414. The van der Waals surface area contributed by atoms with E-state index in [9.17, 15) is 9.59 Å². The van der Waals surface area contributed by atoms with Crippen molar-refractivity contribution < 1.29 is 19.1 Å². The Kier molecular flexibility index (Phi) is 7.57. The molecular weight excluding hydrogens is 400 g/mol. The van der Waals surface area contributed by atoms with Crippen LogP contribution in [0.4, 0.5) is 0 Å². The molecule has 0 aliphatic carbocycles. The normalized spacial score (nSPS) is 10.5. The second-order valence-corrected chi connectivity index (χ2v) is 7.60. The van der Waals surface area contributed by atoms with Crippen LogP contribution in [0, 0.1) is 6.92 Å². The SMILES string of the molecule is COc1ccc(-c2nc(C(=O)OCCNC(=O)CCc3ccc(C)cc3)cs2)cc1. The van der Waals surface area contributed by atoms with E-state index in [0.717, 1.165) is 21.9 Å². The second-order valence-electron chi connectivity index (χ2n) is 6.74. The molecule has 30 heavy (non-hydrogen) atoms. The molecule has 0 aliphatic rings. The number of amides is 1. The monoisotopic (exact) mass is 424 g/mol. The average Bonchev–Trinajstić information content (AvgIpc) is 3.27. The molecule has 1 heterocycles. The van der Waals surface area contributed by atoms with Gasteiger partial charge in [0.1, 0.15) is 17.4 Å². The summed E-state index contributed by atoms with van der Waals surface area (Å²) in [5.41, 5.74) is 3.48. The highest BCUT2D eigenvalue weighted by Crippen LogP contribution is 2.25. The zero-order valence-corrected chi connectivity index (χ0v) is 17.8. The molecule has 6 nitrogen and oxygen atoms in total. The number of nitrogens with zero attached hydrogens (tertiary/aromatic N) is 1. The van der Waals surface area contributed by atoms with Gasteiger partial charge in [0.05, 0.1) is 13.7 Å². The number of hydrogen-bond donors (Lipinski definition) is 1. The van der Waals surface area contributed by atoms with Crippen molar-refractivity contribution in [2.45, 2.75) is 19.8 Å². The van der Waals surface area contributed by atoms with Gasteiger partial charge in [-0.25, -0.2) is 9.78 Å². The van der Waals surface area contributed by atoms with E-state index in [0.29, 0.717) is 12.8 Å². The van der Waals surface area contributed by atoms with E-state index in [1.807, 2.05) is 55.5 Å². The zero-order chi connectivity index (χ0) is 21.3. The van der Waals surface area contributed by atoms with Crippen LogP contribution in [0.25, 0.3) is 10.6 Å². The van der Waals surface area contributed by atoms with Gasteiger partial charge in [0.2, 0.25) is 5.91 Å². The van der Waals surface area contributed by atoms with E-state index in [2.05, 4.69) is 10.3 Å². The minimum absolute atomic E-state index is 0.0675. The first-order chi connectivity index (χ1) is 14.5. The highest BCUT2D eigenvalue weighted by molar-refractivity contribution is 7.13. The highest BCUT2D eigenvalue weighted by Gasteiger charge is 2.13. The maximum atomic E-state index is 12.2. The van der Waals surface area contributed by atoms with Crippen LogP contribution in [-0.2, 0) is 16.0 Å². The Morgan fingerprint density at radius 2 is 1.80 bits per heavy atom. The largest absolute Gasteiger partial charge is 0.497 e. The molecule has 156 valence electrons. The highest BCUT2D eigenvalue weighted by atomic mass is 32.1. The van der Waals surface area contributed by atoms with Gasteiger partial charge in [-0.15, -0.1) is 11.3 Å². The van der Waals surface area contributed by atoms with Crippen molar-refractivity contribution in [3.05, 3.63) is 70.7 Å². The summed E-state index contributed by atoms with van der Waals surface area (Å²) in [7, 11) is 1.61. The van der Waals surface area contributed by atoms with Crippen LogP contribution in [0.1, 0.15) is 28.0 Å². The number of ether oxygens (including phenoxy) is 2. The van der Waals surface area contributed by atoms with Gasteiger partial charge in [-0.1, -0.05) is 29.8 Å². The Morgan fingerprint density at radius 1 is 1.07 bits per heavy atom. The predicted molar refractivity (Wildman–Crippen MR) is 117 cm³/mol. The van der Waals surface area contributed by atoms with Gasteiger partial charge in [0, 0.05) is 17.4 Å². The molecule has 0 unspecified atom stereocenters. The third-order valence-corrected chi connectivity index (χ3v) is 5.36. The Morgan fingerprint density at radius 3 is 2.50 bits per heavy atom. The molecule has 3 aromatic rings. The molecule has 1 aromatic heterocycles. The topological polar surface area (TPSA) is 77.5 Å². The maximum Gasteiger partial charge on any atom is 0.357 e. The smallest absolute Gasteiger partial charge is 0.357 e. The third kappa shape index (κ3) is 6.15. The number of hydrogen-bond acceptors (Lipinski definition) is 6. The molecule has 0 atom stereocenters. The summed E-state index contributed by atoms with van der Waals surface area (Å²) in [5, 5.41) is 5.17. The standard InChI is InChI=1S/C23H24N2O4S/c1-16-3-5-17(6-4-16)7-12-21(26)24-13-14-29-23(27)20-15-30-22(25-20)18-8-10-19(28-2)11-9-18/h3-6,8-11,15H,7,12-14H2,1-2H3,(H,24,26). The number of methoxy groups -OCH3 is 1. The Hall–Kier alpha value is -3.19. The molecule has 0 fully saturated rings. The van der Waals surface area contributed by atoms with Gasteiger partial charge in [-0.3, -0.25) is 4.79 Å². The van der Waals surface area contributed by atoms with E-state index >= 15 is 0 Å². The molecule has 0 aliphatic heterocycles. The second kappa shape index (κ2) is 10.5. The fourth-order valence-corrected chi connectivity index (χ4v) is 3.54. The minimum atomic E-state index is -0.500. The van der Waals surface area contributed by atoms with Gasteiger partial charge < -0.3 is 14.8 Å².